The van der Waals surface area contributed by atoms with Crippen molar-refractivity contribution in [2.45, 2.75) is 6.61 Å². The molecule has 0 aromatic heterocycles. The van der Waals surface area contributed by atoms with Gasteiger partial charge in [-0.2, -0.15) is 0 Å². The minimum absolute atomic E-state index is 0.122. The molecule has 0 fully saturated rings. The fourth-order valence-electron chi connectivity index (χ4n) is 2.33. The van der Waals surface area contributed by atoms with Crippen LogP contribution in [0, 0.1) is 0 Å². The molecule has 0 bridgehead atoms. The monoisotopic (exact) mass is 353 g/mol. The summed E-state index contributed by atoms with van der Waals surface area (Å²) in [4.78, 5) is 11.3. The molecule has 0 heterocycles. The van der Waals surface area contributed by atoms with Gasteiger partial charge in [0, 0.05) is 10.7 Å². The molecule has 0 aliphatic heterocycles. The average molecular weight is 354 g/mol. The Kier molecular flexibility index (Phi) is 5.21. The van der Waals surface area contributed by atoms with Gasteiger partial charge in [-0.05, 0) is 48.0 Å². The number of carboxylic acid groups (broad SMARTS) is 1. The summed E-state index contributed by atoms with van der Waals surface area (Å²) in [6, 6.07) is 22.0. The third-order valence-corrected chi connectivity index (χ3v) is 3.83. The average Bonchev–Trinajstić information content (AvgIpc) is 2.63. The van der Waals surface area contributed by atoms with E-state index >= 15 is 0 Å². The molecule has 5 heteroatoms. The van der Waals surface area contributed by atoms with Crippen LogP contribution >= 0.6 is 11.6 Å². The van der Waals surface area contributed by atoms with Gasteiger partial charge in [0.05, 0.1) is 11.3 Å². The first-order valence-electron chi connectivity index (χ1n) is 7.68. The second kappa shape index (κ2) is 7.73. The standard InChI is InChI=1S/C20H16ClNO3/c21-15-6-11-19(18(12-15)20(23)24)22-16-7-9-17(10-8-16)25-13-14-4-2-1-3-5-14/h1-12,22H,13H2,(H,23,24). The topological polar surface area (TPSA) is 58.6 Å². The Bertz CT molecular complexity index is 864. The molecule has 3 aromatic rings. The SMILES string of the molecule is O=C(O)c1cc(Cl)ccc1Nc1ccc(OCc2ccccc2)cc1. The first-order chi connectivity index (χ1) is 12.1. The molecule has 3 aromatic carbocycles. The van der Waals surface area contributed by atoms with E-state index in [2.05, 4.69) is 5.32 Å². The van der Waals surface area contributed by atoms with E-state index in [1.165, 1.54) is 6.07 Å². The Balaban J connectivity index is 1.68. The van der Waals surface area contributed by atoms with Crippen molar-refractivity contribution in [3.63, 3.8) is 0 Å². The van der Waals surface area contributed by atoms with E-state index in [0.717, 1.165) is 17.0 Å². The number of benzene rings is 3. The molecule has 2 N–H and O–H groups in total. The zero-order valence-corrected chi connectivity index (χ0v) is 14.0. The van der Waals surface area contributed by atoms with Gasteiger partial charge in [-0.3, -0.25) is 0 Å². The van der Waals surface area contributed by atoms with Gasteiger partial charge >= 0.3 is 5.97 Å². The van der Waals surface area contributed by atoms with E-state index in [1.54, 1.807) is 12.1 Å². The number of aromatic carboxylic acids is 1. The third kappa shape index (κ3) is 4.52. The van der Waals surface area contributed by atoms with Gasteiger partial charge in [0.25, 0.3) is 0 Å². The number of hydrogen-bond acceptors (Lipinski definition) is 3. The lowest BCUT2D eigenvalue weighted by atomic mass is 10.1. The van der Waals surface area contributed by atoms with E-state index in [9.17, 15) is 9.90 Å². The predicted octanol–water partition coefficient (Wildman–Crippen LogP) is 5.36. The third-order valence-electron chi connectivity index (χ3n) is 3.59. The van der Waals surface area contributed by atoms with Gasteiger partial charge in [0.1, 0.15) is 12.4 Å². The maximum Gasteiger partial charge on any atom is 0.337 e. The molecule has 0 atom stereocenters. The maximum absolute atomic E-state index is 11.3. The van der Waals surface area contributed by atoms with Gasteiger partial charge in [-0.15, -0.1) is 0 Å². The molecule has 126 valence electrons. The summed E-state index contributed by atoms with van der Waals surface area (Å²) in [6.07, 6.45) is 0. The fourth-order valence-corrected chi connectivity index (χ4v) is 2.51. The number of hydrogen-bond donors (Lipinski definition) is 2. The maximum atomic E-state index is 11.3. The minimum atomic E-state index is -1.03. The highest BCUT2D eigenvalue weighted by molar-refractivity contribution is 6.31. The smallest absolute Gasteiger partial charge is 0.337 e. The summed E-state index contributed by atoms with van der Waals surface area (Å²) in [7, 11) is 0. The van der Waals surface area contributed by atoms with Crippen molar-refractivity contribution in [2.75, 3.05) is 5.32 Å². The highest BCUT2D eigenvalue weighted by Crippen LogP contribution is 2.26. The first kappa shape index (κ1) is 16.9. The molecule has 0 aliphatic rings. The molecular weight excluding hydrogens is 338 g/mol. The van der Waals surface area contributed by atoms with Gasteiger partial charge in [0.2, 0.25) is 0 Å². The Labute approximate surface area is 150 Å². The van der Waals surface area contributed by atoms with E-state index in [4.69, 9.17) is 16.3 Å². The zero-order valence-electron chi connectivity index (χ0n) is 13.3. The molecular formula is C20H16ClNO3. The molecule has 0 spiro atoms. The lowest BCUT2D eigenvalue weighted by Gasteiger charge is -2.11. The van der Waals surface area contributed by atoms with Crippen molar-refractivity contribution in [3.05, 3.63) is 88.9 Å². The first-order valence-corrected chi connectivity index (χ1v) is 8.06. The summed E-state index contributed by atoms with van der Waals surface area (Å²) < 4.78 is 5.74. The Morgan fingerprint density at radius 3 is 2.40 bits per heavy atom. The summed E-state index contributed by atoms with van der Waals surface area (Å²) >= 11 is 5.86. The molecule has 0 radical (unpaired) electrons. The fraction of sp³-hybridized carbons (Fsp3) is 0.0500. The molecule has 0 unspecified atom stereocenters. The van der Waals surface area contributed by atoms with Crippen molar-refractivity contribution in [2.24, 2.45) is 0 Å². The molecule has 25 heavy (non-hydrogen) atoms. The van der Waals surface area contributed by atoms with Crippen molar-refractivity contribution < 1.29 is 14.6 Å². The zero-order chi connectivity index (χ0) is 17.6. The largest absolute Gasteiger partial charge is 0.489 e. The van der Waals surface area contributed by atoms with Crippen LogP contribution in [-0.2, 0) is 6.61 Å². The second-order valence-corrected chi connectivity index (χ2v) is 5.86. The van der Waals surface area contributed by atoms with Crippen molar-refractivity contribution in [3.8, 4) is 5.75 Å². The molecule has 0 amide bonds. The van der Waals surface area contributed by atoms with Crippen LogP contribution in [0.25, 0.3) is 0 Å². The molecule has 0 saturated heterocycles. The Morgan fingerprint density at radius 1 is 1.00 bits per heavy atom. The van der Waals surface area contributed by atoms with Gasteiger partial charge in [0.15, 0.2) is 0 Å². The van der Waals surface area contributed by atoms with Crippen LogP contribution < -0.4 is 10.1 Å². The van der Waals surface area contributed by atoms with Gasteiger partial charge < -0.3 is 15.2 Å². The normalized spacial score (nSPS) is 10.3. The number of rotatable bonds is 6. The second-order valence-electron chi connectivity index (χ2n) is 5.42. The van der Waals surface area contributed by atoms with Gasteiger partial charge in [-0.1, -0.05) is 41.9 Å². The summed E-state index contributed by atoms with van der Waals surface area (Å²) in [5.41, 5.74) is 2.46. The Hall–Kier alpha value is -2.98. The Morgan fingerprint density at radius 2 is 1.72 bits per heavy atom. The van der Waals surface area contributed by atoms with Crippen LogP contribution in [0.3, 0.4) is 0 Å². The van der Waals surface area contributed by atoms with Crippen molar-refractivity contribution in [1.82, 2.24) is 0 Å². The number of ether oxygens (including phenoxy) is 1. The van der Waals surface area contributed by atoms with Crippen LogP contribution in [0.5, 0.6) is 5.75 Å². The highest BCUT2D eigenvalue weighted by Gasteiger charge is 2.11. The van der Waals surface area contributed by atoms with Crippen LogP contribution in [-0.4, -0.2) is 11.1 Å². The van der Waals surface area contributed by atoms with Gasteiger partial charge in [-0.25, -0.2) is 4.79 Å². The number of carboxylic acids is 1. The lowest BCUT2D eigenvalue weighted by molar-refractivity contribution is 0.0698. The van der Waals surface area contributed by atoms with E-state index in [-0.39, 0.29) is 5.56 Å². The predicted molar refractivity (Wildman–Crippen MR) is 98.9 cm³/mol. The van der Waals surface area contributed by atoms with Crippen LogP contribution in [0.1, 0.15) is 15.9 Å². The summed E-state index contributed by atoms with van der Waals surface area (Å²) in [5.74, 6) is -0.295. The number of anilines is 2. The number of nitrogens with one attached hydrogen (secondary N) is 1. The van der Waals surface area contributed by atoms with E-state index < -0.39 is 5.97 Å². The summed E-state index contributed by atoms with van der Waals surface area (Å²) in [6.45, 7) is 0.494. The number of halogens is 1. The quantitative estimate of drug-likeness (QED) is 0.626. The number of carbonyl (C=O) groups is 1. The lowest BCUT2D eigenvalue weighted by Crippen LogP contribution is -2.02. The molecule has 0 saturated carbocycles. The van der Waals surface area contributed by atoms with Crippen LogP contribution in [0.15, 0.2) is 72.8 Å². The molecule has 0 aliphatic carbocycles. The summed E-state index contributed by atoms with van der Waals surface area (Å²) in [5, 5.41) is 12.7. The molecule has 3 rings (SSSR count). The van der Waals surface area contributed by atoms with Crippen LogP contribution in [0.2, 0.25) is 5.02 Å². The van der Waals surface area contributed by atoms with E-state index in [1.807, 2.05) is 54.6 Å². The van der Waals surface area contributed by atoms with E-state index in [0.29, 0.717) is 17.3 Å². The highest BCUT2D eigenvalue weighted by atomic mass is 35.5. The minimum Gasteiger partial charge on any atom is -0.489 e. The van der Waals surface area contributed by atoms with Crippen molar-refractivity contribution in [1.29, 1.82) is 0 Å². The molecule has 4 nitrogen and oxygen atoms in total. The van der Waals surface area contributed by atoms with Crippen LogP contribution in [0.4, 0.5) is 11.4 Å². The van der Waals surface area contributed by atoms with Crippen molar-refractivity contribution >= 4 is 28.9 Å².